The molecule has 0 bridgehead atoms. The van der Waals surface area contributed by atoms with E-state index in [1.807, 2.05) is 13.8 Å². The molecule has 8 nitrogen and oxygen atoms in total. The van der Waals surface area contributed by atoms with E-state index in [1.54, 1.807) is 24.9 Å². The van der Waals surface area contributed by atoms with Crippen molar-refractivity contribution in [3.05, 3.63) is 41.1 Å². The van der Waals surface area contributed by atoms with E-state index in [2.05, 4.69) is 20.3 Å². The van der Waals surface area contributed by atoms with Crippen LogP contribution in [-0.2, 0) is 5.54 Å². The second kappa shape index (κ2) is 6.27. The van der Waals surface area contributed by atoms with Crippen LogP contribution >= 0.6 is 0 Å². The molecule has 1 N–H and O–H groups in total. The Labute approximate surface area is 145 Å². The summed E-state index contributed by atoms with van der Waals surface area (Å²) >= 11 is 0. The molecule has 2 aromatic heterocycles. The number of oxazole rings is 1. The fraction of sp³-hybridized carbons (Fsp3) is 0.471. The lowest BCUT2D eigenvalue weighted by atomic mass is 9.97. The van der Waals surface area contributed by atoms with Crippen molar-refractivity contribution in [2.75, 3.05) is 13.6 Å². The minimum atomic E-state index is -0.696. The summed E-state index contributed by atoms with van der Waals surface area (Å²) in [5.41, 5.74) is 0.549. The molecule has 0 aromatic carbocycles. The Morgan fingerprint density at radius 3 is 2.64 bits per heavy atom. The monoisotopic (exact) mass is 343 g/mol. The molecule has 1 atom stereocenters. The van der Waals surface area contributed by atoms with Gasteiger partial charge >= 0.3 is 0 Å². The quantitative estimate of drug-likeness (QED) is 0.908. The van der Waals surface area contributed by atoms with Crippen LogP contribution in [0.15, 0.2) is 16.7 Å². The highest BCUT2D eigenvalue weighted by Gasteiger charge is 2.44. The molecule has 0 saturated carbocycles. The van der Waals surface area contributed by atoms with Crippen LogP contribution in [0.5, 0.6) is 0 Å². The van der Waals surface area contributed by atoms with Gasteiger partial charge in [0.15, 0.2) is 17.4 Å². The van der Waals surface area contributed by atoms with Crippen LogP contribution in [0.25, 0.3) is 0 Å². The highest BCUT2D eigenvalue weighted by atomic mass is 16.3. The minimum absolute atomic E-state index is 0.219. The molecule has 8 heteroatoms. The largest absolute Gasteiger partial charge is 0.448 e. The van der Waals surface area contributed by atoms with E-state index in [0.717, 1.165) is 6.42 Å². The number of nitrogens with one attached hydrogen (secondary N) is 1. The number of aromatic nitrogens is 3. The molecule has 0 radical (unpaired) electrons. The van der Waals surface area contributed by atoms with E-state index >= 15 is 0 Å². The van der Waals surface area contributed by atoms with E-state index < -0.39 is 5.54 Å². The SMILES string of the molecule is CNC(=O)c1cc(C)nc([C@@]2(C)CCCN2C(=O)c2coc(C)n2)n1. The summed E-state index contributed by atoms with van der Waals surface area (Å²) in [6.45, 7) is 6.00. The highest BCUT2D eigenvalue weighted by molar-refractivity contribution is 5.93. The fourth-order valence-electron chi connectivity index (χ4n) is 3.18. The number of aryl methyl sites for hydroxylation is 2. The number of hydrogen-bond acceptors (Lipinski definition) is 6. The molecular weight excluding hydrogens is 322 g/mol. The van der Waals surface area contributed by atoms with Crippen molar-refractivity contribution < 1.29 is 14.0 Å². The van der Waals surface area contributed by atoms with Crippen LogP contribution in [-0.4, -0.2) is 45.3 Å². The first-order valence-electron chi connectivity index (χ1n) is 8.17. The molecule has 3 rings (SSSR count). The first kappa shape index (κ1) is 17.1. The van der Waals surface area contributed by atoms with Gasteiger partial charge in [0.05, 0.1) is 0 Å². The molecule has 25 heavy (non-hydrogen) atoms. The Morgan fingerprint density at radius 1 is 1.24 bits per heavy atom. The number of hydrogen-bond donors (Lipinski definition) is 1. The number of amides is 2. The lowest BCUT2D eigenvalue weighted by Gasteiger charge is -2.33. The predicted octanol–water partition coefficient (Wildman–Crippen LogP) is 1.59. The third-order valence-electron chi connectivity index (χ3n) is 4.52. The average molecular weight is 343 g/mol. The topological polar surface area (TPSA) is 101 Å². The molecule has 0 unspecified atom stereocenters. The van der Waals surface area contributed by atoms with Crippen molar-refractivity contribution in [1.82, 2.24) is 25.2 Å². The van der Waals surface area contributed by atoms with Crippen molar-refractivity contribution >= 4 is 11.8 Å². The van der Waals surface area contributed by atoms with Gasteiger partial charge in [0, 0.05) is 26.2 Å². The summed E-state index contributed by atoms with van der Waals surface area (Å²) in [7, 11) is 1.56. The first-order chi connectivity index (χ1) is 11.8. The first-order valence-corrected chi connectivity index (χ1v) is 8.17. The van der Waals surface area contributed by atoms with E-state index in [1.165, 1.54) is 6.26 Å². The van der Waals surface area contributed by atoms with Crippen molar-refractivity contribution in [3.63, 3.8) is 0 Å². The number of carbonyl (C=O) groups excluding carboxylic acids is 2. The maximum Gasteiger partial charge on any atom is 0.276 e. The Morgan fingerprint density at radius 2 is 2.00 bits per heavy atom. The molecule has 2 amide bonds. The van der Waals surface area contributed by atoms with Crippen molar-refractivity contribution in [3.8, 4) is 0 Å². The number of carbonyl (C=O) groups is 2. The predicted molar refractivity (Wildman–Crippen MR) is 89.0 cm³/mol. The number of likely N-dealkylation sites (tertiary alicyclic amines) is 1. The van der Waals surface area contributed by atoms with Gasteiger partial charge in [-0.2, -0.15) is 0 Å². The van der Waals surface area contributed by atoms with E-state index in [9.17, 15) is 9.59 Å². The zero-order valence-electron chi connectivity index (χ0n) is 14.8. The van der Waals surface area contributed by atoms with Gasteiger partial charge in [-0.3, -0.25) is 9.59 Å². The van der Waals surface area contributed by atoms with Crippen LogP contribution in [0, 0.1) is 13.8 Å². The van der Waals surface area contributed by atoms with Crippen LogP contribution in [0.2, 0.25) is 0 Å². The van der Waals surface area contributed by atoms with Gasteiger partial charge in [-0.05, 0) is 32.8 Å². The van der Waals surface area contributed by atoms with Gasteiger partial charge < -0.3 is 14.6 Å². The summed E-state index contributed by atoms with van der Waals surface area (Å²) in [6.07, 6.45) is 2.90. The van der Waals surface area contributed by atoms with Crippen LogP contribution in [0.4, 0.5) is 0 Å². The van der Waals surface area contributed by atoms with Gasteiger partial charge in [0.1, 0.15) is 17.5 Å². The number of rotatable bonds is 3. The van der Waals surface area contributed by atoms with Gasteiger partial charge in [-0.1, -0.05) is 0 Å². The highest BCUT2D eigenvalue weighted by Crippen LogP contribution is 2.37. The van der Waals surface area contributed by atoms with Crippen molar-refractivity contribution in [2.45, 2.75) is 39.2 Å². The summed E-state index contributed by atoms with van der Waals surface area (Å²) < 4.78 is 5.16. The third-order valence-corrected chi connectivity index (χ3v) is 4.52. The maximum absolute atomic E-state index is 12.9. The van der Waals surface area contributed by atoms with Crippen molar-refractivity contribution in [2.24, 2.45) is 0 Å². The van der Waals surface area contributed by atoms with E-state index in [4.69, 9.17) is 4.42 Å². The molecule has 1 fully saturated rings. The minimum Gasteiger partial charge on any atom is -0.448 e. The second-order valence-electron chi connectivity index (χ2n) is 6.38. The molecule has 0 spiro atoms. The maximum atomic E-state index is 12.9. The van der Waals surface area contributed by atoms with Gasteiger partial charge in [-0.25, -0.2) is 15.0 Å². The zero-order chi connectivity index (χ0) is 18.2. The molecule has 1 saturated heterocycles. The molecule has 3 heterocycles. The lowest BCUT2D eigenvalue weighted by molar-refractivity contribution is 0.0597. The molecule has 1 aliphatic rings. The normalized spacial score (nSPS) is 19.9. The summed E-state index contributed by atoms with van der Waals surface area (Å²) in [4.78, 5) is 39.6. The Balaban J connectivity index is 2.01. The summed E-state index contributed by atoms with van der Waals surface area (Å²) in [5, 5.41) is 2.57. The van der Waals surface area contributed by atoms with Crippen LogP contribution in [0.3, 0.4) is 0 Å². The molecule has 1 aliphatic heterocycles. The molecular formula is C17H21N5O3. The second-order valence-corrected chi connectivity index (χ2v) is 6.38. The van der Waals surface area contributed by atoms with Gasteiger partial charge in [0.2, 0.25) is 0 Å². The van der Waals surface area contributed by atoms with Gasteiger partial charge in [-0.15, -0.1) is 0 Å². The smallest absolute Gasteiger partial charge is 0.276 e. The van der Waals surface area contributed by atoms with Crippen molar-refractivity contribution in [1.29, 1.82) is 0 Å². The molecule has 2 aromatic rings. The number of nitrogens with zero attached hydrogens (tertiary/aromatic N) is 4. The van der Waals surface area contributed by atoms with Gasteiger partial charge in [0.25, 0.3) is 11.8 Å². The summed E-state index contributed by atoms with van der Waals surface area (Å²) in [5.74, 6) is 0.414. The summed E-state index contributed by atoms with van der Waals surface area (Å²) in [6, 6.07) is 1.63. The third kappa shape index (κ3) is 2.99. The Bertz CT molecular complexity index is 831. The van der Waals surface area contributed by atoms with Crippen LogP contribution in [0.1, 0.15) is 58.2 Å². The lowest BCUT2D eigenvalue weighted by Crippen LogP contribution is -2.44. The molecule has 132 valence electrons. The average Bonchev–Trinajstić information content (AvgIpc) is 3.19. The Kier molecular flexibility index (Phi) is 4.28. The van der Waals surface area contributed by atoms with E-state index in [0.29, 0.717) is 36.1 Å². The Hall–Kier alpha value is -2.77. The van der Waals surface area contributed by atoms with Crippen LogP contribution < -0.4 is 5.32 Å². The standard InChI is InChI=1S/C17H21N5O3/c1-10-8-12(14(23)18-4)21-16(19-10)17(3)6-5-7-22(17)15(24)13-9-25-11(2)20-13/h8-9H,5-7H2,1-4H3,(H,18,23)/t17-/m1/s1. The zero-order valence-corrected chi connectivity index (χ0v) is 14.8. The molecule has 0 aliphatic carbocycles. The van der Waals surface area contributed by atoms with E-state index in [-0.39, 0.29) is 17.5 Å². The fourth-order valence-corrected chi connectivity index (χ4v) is 3.18.